The first kappa shape index (κ1) is 17.2. The quantitative estimate of drug-likeness (QED) is 0.270. The second kappa shape index (κ2) is 5.91. The summed E-state index contributed by atoms with van der Waals surface area (Å²) in [5.41, 5.74) is 5.40. The SMILES string of the molecule is CC(C)(C)c1cc(-c2nccc3oc4ccc5sccc5c4c23)cc2ccsc12. The molecule has 0 saturated heterocycles. The van der Waals surface area contributed by atoms with Crippen molar-refractivity contribution in [2.75, 3.05) is 0 Å². The van der Waals surface area contributed by atoms with Crippen molar-refractivity contribution in [2.24, 2.45) is 0 Å². The predicted molar refractivity (Wildman–Crippen MR) is 126 cm³/mol. The van der Waals surface area contributed by atoms with Crippen LogP contribution < -0.4 is 0 Å². The van der Waals surface area contributed by atoms with E-state index in [2.05, 4.69) is 67.9 Å². The Labute approximate surface area is 176 Å². The van der Waals surface area contributed by atoms with Gasteiger partial charge in [0, 0.05) is 31.9 Å². The number of thiophene rings is 2. The molecule has 6 rings (SSSR count). The van der Waals surface area contributed by atoms with E-state index in [0.717, 1.165) is 27.8 Å². The van der Waals surface area contributed by atoms with E-state index in [1.807, 2.05) is 23.6 Å². The van der Waals surface area contributed by atoms with Crippen LogP contribution >= 0.6 is 22.7 Å². The molecule has 0 aliphatic heterocycles. The van der Waals surface area contributed by atoms with Crippen molar-refractivity contribution in [2.45, 2.75) is 26.2 Å². The lowest BCUT2D eigenvalue weighted by molar-refractivity contribution is 0.597. The molecule has 142 valence electrons. The highest BCUT2D eigenvalue weighted by molar-refractivity contribution is 7.17. The van der Waals surface area contributed by atoms with Gasteiger partial charge in [0.15, 0.2) is 0 Å². The van der Waals surface area contributed by atoms with Gasteiger partial charge in [0.1, 0.15) is 11.2 Å². The van der Waals surface area contributed by atoms with Crippen LogP contribution in [-0.4, -0.2) is 4.98 Å². The molecule has 4 aromatic heterocycles. The topological polar surface area (TPSA) is 26.0 Å². The van der Waals surface area contributed by atoms with Crippen LogP contribution in [0.25, 0.3) is 53.4 Å². The molecule has 0 fully saturated rings. The van der Waals surface area contributed by atoms with Crippen LogP contribution in [0.2, 0.25) is 0 Å². The number of nitrogens with zero attached hydrogens (tertiary/aromatic N) is 1. The van der Waals surface area contributed by atoms with Gasteiger partial charge in [0.05, 0.1) is 11.1 Å². The minimum absolute atomic E-state index is 0.0616. The van der Waals surface area contributed by atoms with Crippen molar-refractivity contribution in [3.05, 3.63) is 65.0 Å². The number of furan rings is 1. The molecular formula is C25H19NOS2. The maximum Gasteiger partial charge on any atom is 0.139 e. The molecule has 0 aliphatic carbocycles. The first-order chi connectivity index (χ1) is 14.0. The number of aromatic nitrogens is 1. The van der Waals surface area contributed by atoms with E-state index in [9.17, 15) is 0 Å². The lowest BCUT2D eigenvalue weighted by atomic mass is 9.84. The summed E-state index contributed by atoms with van der Waals surface area (Å²) in [7, 11) is 0. The Hall–Kier alpha value is -2.69. The standard InChI is InChI=1S/C25H19NOS2/c1-25(2,3)17-13-15(12-14-7-10-29-24(14)17)23-22-19(6-9-26-23)27-18-4-5-20-16(21(18)22)8-11-28-20/h4-13H,1-3H3. The molecule has 0 radical (unpaired) electrons. The second-order valence-electron chi connectivity index (χ2n) is 8.52. The molecule has 0 aliphatic rings. The first-order valence-corrected chi connectivity index (χ1v) is 11.5. The summed E-state index contributed by atoms with van der Waals surface area (Å²) in [5.74, 6) is 0. The molecule has 0 amide bonds. The molecule has 0 spiro atoms. The van der Waals surface area contributed by atoms with E-state index in [1.54, 1.807) is 11.3 Å². The van der Waals surface area contributed by atoms with Gasteiger partial charge in [-0.1, -0.05) is 20.8 Å². The van der Waals surface area contributed by atoms with Crippen LogP contribution in [0.1, 0.15) is 26.3 Å². The highest BCUT2D eigenvalue weighted by atomic mass is 32.1. The summed E-state index contributed by atoms with van der Waals surface area (Å²) < 4.78 is 8.87. The highest BCUT2D eigenvalue weighted by Gasteiger charge is 2.22. The Bertz CT molecular complexity index is 1540. The van der Waals surface area contributed by atoms with Gasteiger partial charge in [-0.25, -0.2) is 0 Å². The molecule has 2 nitrogen and oxygen atoms in total. The van der Waals surface area contributed by atoms with Crippen molar-refractivity contribution in [1.82, 2.24) is 4.98 Å². The molecular weight excluding hydrogens is 394 g/mol. The van der Waals surface area contributed by atoms with Gasteiger partial charge in [-0.2, -0.15) is 0 Å². The third-order valence-electron chi connectivity index (χ3n) is 5.61. The van der Waals surface area contributed by atoms with Crippen molar-refractivity contribution in [3.8, 4) is 11.3 Å². The minimum atomic E-state index is 0.0616. The summed E-state index contributed by atoms with van der Waals surface area (Å²) in [4.78, 5) is 4.85. The van der Waals surface area contributed by atoms with Gasteiger partial charge in [-0.05, 0) is 69.6 Å². The molecule has 4 heteroatoms. The third-order valence-corrected chi connectivity index (χ3v) is 7.46. The Morgan fingerprint density at radius 1 is 0.862 bits per heavy atom. The van der Waals surface area contributed by atoms with E-state index in [4.69, 9.17) is 9.40 Å². The van der Waals surface area contributed by atoms with Crippen LogP contribution in [-0.2, 0) is 5.41 Å². The molecule has 29 heavy (non-hydrogen) atoms. The largest absolute Gasteiger partial charge is 0.456 e. The zero-order valence-electron chi connectivity index (χ0n) is 16.4. The van der Waals surface area contributed by atoms with Crippen LogP contribution in [0.3, 0.4) is 0 Å². The van der Waals surface area contributed by atoms with Crippen LogP contribution in [0, 0.1) is 0 Å². The molecule has 0 N–H and O–H groups in total. The van der Waals surface area contributed by atoms with Gasteiger partial charge < -0.3 is 4.42 Å². The van der Waals surface area contributed by atoms with Gasteiger partial charge >= 0.3 is 0 Å². The summed E-state index contributed by atoms with van der Waals surface area (Å²) in [6.45, 7) is 6.84. The zero-order chi connectivity index (χ0) is 19.8. The van der Waals surface area contributed by atoms with Gasteiger partial charge in [-0.15, -0.1) is 22.7 Å². The molecule has 0 bridgehead atoms. The Kier molecular flexibility index (Phi) is 3.50. The second-order valence-corrected chi connectivity index (χ2v) is 10.4. The van der Waals surface area contributed by atoms with Crippen molar-refractivity contribution >= 4 is 64.8 Å². The Morgan fingerprint density at radius 2 is 1.69 bits per heavy atom. The summed E-state index contributed by atoms with van der Waals surface area (Å²) in [6, 6.07) is 15.2. The lowest BCUT2D eigenvalue weighted by Gasteiger charge is -2.21. The highest BCUT2D eigenvalue weighted by Crippen LogP contribution is 2.43. The smallest absolute Gasteiger partial charge is 0.139 e. The molecule has 0 saturated carbocycles. The monoisotopic (exact) mass is 413 g/mol. The maximum absolute atomic E-state index is 6.23. The van der Waals surface area contributed by atoms with Crippen molar-refractivity contribution < 1.29 is 4.42 Å². The molecule has 2 aromatic carbocycles. The van der Waals surface area contributed by atoms with Gasteiger partial charge in [0.2, 0.25) is 0 Å². The van der Waals surface area contributed by atoms with E-state index in [0.29, 0.717) is 0 Å². The Balaban J connectivity index is 1.76. The van der Waals surface area contributed by atoms with Crippen molar-refractivity contribution in [3.63, 3.8) is 0 Å². The number of rotatable bonds is 1. The molecule has 0 unspecified atom stereocenters. The fraction of sp³-hybridized carbons (Fsp3) is 0.160. The molecule has 4 heterocycles. The van der Waals surface area contributed by atoms with Crippen LogP contribution in [0.4, 0.5) is 0 Å². The summed E-state index contributed by atoms with van der Waals surface area (Å²) >= 11 is 3.58. The predicted octanol–water partition coefficient (Wildman–Crippen LogP) is 8.37. The minimum Gasteiger partial charge on any atom is -0.456 e. The zero-order valence-corrected chi connectivity index (χ0v) is 18.1. The summed E-state index contributed by atoms with van der Waals surface area (Å²) in [5, 5.41) is 9.14. The number of hydrogen-bond donors (Lipinski definition) is 0. The maximum atomic E-state index is 6.23. The van der Waals surface area contributed by atoms with E-state index < -0.39 is 0 Å². The average molecular weight is 414 g/mol. The van der Waals surface area contributed by atoms with Crippen LogP contribution in [0.15, 0.2) is 63.8 Å². The lowest BCUT2D eigenvalue weighted by Crippen LogP contribution is -2.11. The van der Waals surface area contributed by atoms with Crippen molar-refractivity contribution in [1.29, 1.82) is 0 Å². The average Bonchev–Trinajstić information content (AvgIpc) is 3.41. The van der Waals surface area contributed by atoms with Gasteiger partial charge in [-0.3, -0.25) is 4.98 Å². The van der Waals surface area contributed by atoms with E-state index in [-0.39, 0.29) is 5.41 Å². The number of benzene rings is 2. The number of pyridine rings is 1. The molecule has 6 aromatic rings. The van der Waals surface area contributed by atoms with E-state index >= 15 is 0 Å². The number of fused-ring (bicyclic) bond motifs is 6. The molecule has 0 atom stereocenters. The summed E-state index contributed by atoms with van der Waals surface area (Å²) in [6.07, 6.45) is 1.86. The third kappa shape index (κ3) is 2.49. The Morgan fingerprint density at radius 3 is 2.55 bits per heavy atom. The first-order valence-electron chi connectivity index (χ1n) is 9.70. The number of hydrogen-bond acceptors (Lipinski definition) is 4. The van der Waals surface area contributed by atoms with E-state index in [1.165, 1.54) is 31.1 Å². The fourth-order valence-electron chi connectivity index (χ4n) is 4.25. The van der Waals surface area contributed by atoms with Gasteiger partial charge in [0.25, 0.3) is 0 Å². The normalized spacial score (nSPS) is 12.7. The fourth-order valence-corrected chi connectivity index (χ4v) is 6.15. The van der Waals surface area contributed by atoms with Crippen LogP contribution in [0.5, 0.6) is 0 Å².